The van der Waals surface area contributed by atoms with Crippen molar-refractivity contribution in [2.24, 2.45) is 0 Å². The fourth-order valence-electron chi connectivity index (χ4n) is 5.96. The van der Waals surface area contributed by atoms with Gasteiger partial charge in [0.15, 0.2) is 5.82 Å². The molecule has 0 amide bonds. The van der Waals surface area contributed by atoms with Crippen molar-refractivity contribution in [2.45, 2.75) is 63.8 Å². The minimum atomic E-state index is -0.294. The van der Waals surface area contributed by atoms with E-state index in [0.717, 1.165) is 67.8 Å². The van der Waals surface area contributed by atoms with Crippen molar-refractivity contribution in [3.8, 4) is 0 Å². The van der Waals surface area contributed by atoms with Gasteiger partial charge in [-0.15, -0.1) is 5.10 Å². The number of tetrazole rings is 1. The van der Waals surface area contributed by atoms with E-state index in [1.807, 2.05) is 10.7 Å². The zero-order valence-corrected chi connectivity index (χ0v) is 19.8. The van der Waals surface area contributed by atoms with Gasteiger partial charge in [-0.25, -0.2) is 4.68 Å². The number of ether oxygens (including phenoxy) is 1. The number of aromatic amines is 1. The number of piperazine rings is 1. The molecule has 3 aliphatic heterocycles. The van der Waals surface area contributed by atoms with E-state index in [4.69, 9.17) is 4.74 Å². The highest BCUT2D eigenvalue weighted by Gasteiger charge is 2.38. The molecule has 9 nitrogen and oxygen atoms in total. The number of H-pyrrole nitrogens is 1. The van der Waals surface area contributed by atoms with Gasteiger partial charge in [0.2, 0.25) is 0 Å². The van der Waals surface area contributed by atoms with Crippen molar-refractivity contribution in [3.63, 3.8) is 0 Å². The van der Waals surface area contributed by atoms with Crippen LogP contribution in [-0.2, 0) is 17.7 Å². The van der Waals surface area contributed by atoms with Crippen LogP contribution in [0, 0.1) is 0 Å². The van der Waals surface area contributed by atoms with Crippen LogP contribution in [-0.4, -0.2) is 79.9 Å². The van der Waals surface area contributed by atoms with Crippen LogP contribution >= 0.6 is 0 Å². The predicted octanol–water partition coefficient (Wildman–Crippen LogP) is 2.13. The average molecular weight is 464 g/mol. The minimum absolute atomic E-state index is 0.0673. The lowest BCUT2D eigenvalue weighted by Gasteiger charge is -2.41. The molecule has 9 heteroatoms. The Labute approximate surface area is 199 Å². The minimum Gasteiger partial charge on any atom is -0.376 e. The molecule has 0 spiro atoms. The number of aryl methyl sites for hydroxylation is 1. The van der Waals surface area contributed by atoms with Crippen LogP contribution in [0.5, 0.6) is 0 Å². The Bertz CT molecular complexity index is 1220. The topological polar surface area (TPSA) is 92.2 Å². The van der Waals surface area contributed by atoms with Crippen LogP contribution < -0.4 is 5.56 Å². The third kappa shape index (κ3) is 4.06. The molecule has 3 aromatic rings. The van der Waals surface area contributed by atoms with Crippen molar-refractivity contribution >= 4 is 10.9 Å². The van der Waals surface area contributed by atoms with Gasteiger partial charge >= 0.3 is 0 Å². The monoisotopic (exact) mass is 463 g/mol. The Morgan fingerprint density at radius 3 is 2.97 bits per heavy atom. The fraction of sp³-hybridized carbons (Fsp3) is 0.600. The molecule has 0 saturated carbocycles. The van der Waals surface area contributed by atoms with Crippen LogP contribution in [0.4, 0.5) is 0 Å². The highest BCUT2D eigenvalue weighted by Crippen LogP contribution is 2.32. The Hall–Kier alpha value is -2.62. The molecule has 3 atom stereocenters. The summed E-state index contributed by atoms with van der Waals surface area (Å²) >= 11 is 0. The third-order valence-corrected chi connectivity index (χ3v) is 7.83. The number of pyridine rings is 1. The second kappa shape index (κ2) is 9.20. The molecule has 1 N–H and O–H groups in total. The molecule has 3 fully saturated rings. The summed E-state index contributed by atoms with van der Waals surface area (Å²) in [4.78, 5) is 21.6. The summed E-state index contributed by atoms with van der Waals surface area (Å²) in [5.74, 6) is 0.735. The van der Waals surface area contributed by atoms with E-state index in [1.54, 1.807) is 0 Å². The Morgan fingerprint density at radius 1 is 1.18 bits per heavy atom. The quantitative estimate of drug-likeness (QED) is 0.599. The Kier molecular flexibility index (Phi) is 5.92. The molecule has 3 aliphatic rings. The normalized spacial score (nSPS) is 24.6. The van der Waals surface area contributed by atoms with E-state index in [9.17, 15) is 4.79 Å². The predicted molar refractivity (Wildman–Crippen MR) is 129 cm³/mol. The first-order valence-corrected chi connectivity index (χ1v) is 12.7. The average Bonchev–Trinajstić information content (AvgIpc) is 3.62. The van der Waals surface area contributed by atoms with E-state index < -0.39 is 0 Å². The van der Waals surface area contributed by atoms with Gasteiger partial charge in [-0.1, -0.05) is 13.0 Å². The van der Waals surface area contributed by atoms with E-state index in [1.165, 1.54) is 24.9 Å². The second-order valence-corrected chi connectivity index (χ2v) is 9.91. The maximum atomic E-state index is 13.5. The Balaban J connectivity index is 1.43. The molecule has 1 aromatic carbocycles. The van der Waals surface area contributed by atoms with Crippen molar-refractivity contribution in [3.05, 3.63) is 51.6 Å². The SMILES string of the molecule is CCc1ccc2[nH]c(=O)c([C@H](c3nnnn3C[C@H]3CCCO3)N3CCN4CCC[C@H]4C3)cc2c1. The lowest BCUT2D eigenvalue weighted by atomic mass is 10.00. The number of benzene rings is 1. The van der Waals surface area contributed by atoms with Gasteiger partial charge in [0.05, 0.1) is 12.6 Å². The van der Waals surface area contributed by atoms with E-state index in [0.29, 0.717) is 12.6 Å². The lowest BCUT2D eigenvalue weighted by molar-refractivity contribution is 0.0728. The lowest BCUT2D eigenvalue weighted by Crippen LogP contribution is -2.52. The molecule has 0 bridgehead atoms. The van der Waals surface area contributed by atoms with E-state index >= 15 is 0 Å². The zero-order chi connectivity index (χ0) is 23.1. The first kappa shape index (κ1) is 21.9. The fourth-order valence-corrected chi connectivity index (χ4v) is 5.96. The van der Waals surface area contributed by atoms with Gasteiger partial charge in [-0.05, 0) is 78.2 Å². The number of hydrogen-bond donors (Lipinski definition) is 1. The molecule has 0 radical (unpaired) electrons. The second-order valence-electron chi connectivity index (χ2n) is 9.91. The largest absolute Gasteiger partial charge is 0.376 e. The molecule has 6 rings (SSSR count). The van der Waals surface area contributed by atoms with Crippen LogP contribution in [0.2, 0.25) is 0 Å². The summed E-state index contributed by atoms with van der Waals surface area (Å²) in [6.45, 7) is 7.56. The van der Waals surface area contributed by atoms with Gasteiger partial charge < -0.3 is 9.72 Å². The molecule has 3 saturated heterocycles. The van der Waals surface area contributed by atoms with Crippen LogP contribution in [0.3, 0.4) is 0 Å². The number of nitrogens with zero attached hydrogens (tertiary/aromatic N) is 6. The van der Waals surface area contributed by atoms with Crippen molar-refractivity contribution in [2.75, 3.05) is 32.8 Å². The summed E-state index contributed by atoms with van der Waals surface area (Å²) < 4.78 is 7.74. The molecule has 0 aliphatic carbocycles. The number of fused-ring (bicyclic) bond motifs is 2. The first-order valence-electron chi connectivity index (χ1n) is 12.7. The Morgan fingerprint density at radius 2 is 2.12 bits per heavy atom. The summed E-state index contributed by atoms with van der Waals surface area (Å²) in [5.41, 5.74) is 2.77. The molecule has 0 unspecified atom stereocenters. The zero-order valence-electron chi connectivity index (χ0n) is 19.8. The molecular weight excluding hydrogens is 430 g/mol. The summed E-state index contributed by atoms with van der Waals surface area (Å²) in [7, 11) is 0. The van der Waals surface area contributed by atoms with Crippen molar-refractivity contribution in [1.82, 2.24) is 35.0 Å². The standard InChI is InChI=1S/C25H33N7O2/c1-2-17-7-8-22-18(13-17)14-21(25(33)26-22)23(31-11-10-30-9-3-5-19(30)15-31)24-27-28-29-32(24)16-20-6-4-12-34-20/h7-8,13-14,19-20,23H,2-6,9-12,15-16H2,1H3,(H,26,33)/t19-,20+,23+/m0/s1. The number of hydrogen-bond acceptors (Lipinski definition) is 7. The number of rotatable bonds is 6. The van der Waals surface area contributed by atoms with Gasteiger partial charge in [0.1, 0.15) is 6.04 Å². The van der Waals surface area contributed by atoms with Gasteiger partial charge in [0, 0.05) is 43.4 Å². The first-order chi connectivity index (χ1) is 16.7. The van der Waals surface area contributed by atoms with Gasteiger partial charge in [-0.3, -0.25) is 14.6 Å². The van der Waals surface area contributed by atoms with Crippen LogP contribution in [0.25, 0.3) is 10.9 Å². The number of nitrogens with one attached hydrogen (secondary N) is 1. The number of aromatic nitrogens is 5. The summed E-state index contributed by atoms with van der Waals surface area (Å²) in [6.07, 6.45) is 5.61. The van der Waals surface area contributed by atoms with E-state index in [-0.39, 0.29) is 17.7 Å². The highest BCUT2D eigenvalue weighted by molar-refractivity contribution is 5.80. The molecular formula is C25H33N7O2. The molecule has 34 heavy (non-hydrogen) atoms. The maximum Gasteiger partial charge on any atom is 0.253 e. The molecule has 2 aromatic heterocycles. The van der Waals surface area contributed by atoms with Crippen molar-refractivity contribution < 1.29 is 4.74 Å². The van der Waals surface area contributed by atoms with Crippen molar-refractivity contribution in [1.29, 1.82) is 0 Å². The molecule has 180 valence electrons. The molecule has 5 heterocycles. The van der Waals surface area contributed by atoms with Gasteiger partial charge in [0.25, 0.3) is 5.56 Å². The van der Waals surface area contributed by atoms with Crippen LogP contribution in [0.15, 0.2) is 29.1 Å². The summed E-state index contributed by atoms with van der Waals surface area (Å²) in [5, 5.41) is 13.9. The van der Waals surface area contributed by atoms with E-state index in [2.05, 4.69) is 55.4 Å². The summed E-state index contributed by atoms with van der Waals surface area (Å²) in [6, 6.07) is 8.56. The maximum absolute atomic E-state index is 13.5. The third-order valence-electron chi connectivity index (χ3n) is 7.83. The van der Waals surface area contributed by atoms with Gasteiger partial charge in [-0.2, -0.15) is 0 Å². The smallest absolute Gasteiger partial charge is 0.253 e. The van der Waals surface area contributed by atoms with Crippen LogP contribution in [0.1, 0.15) is 55.6 Å². The highest BCUT2D eigenvalue weighted by atomic mass is 16.5.